The smallest absolute Gasteiger partial charge is 0.449 e. The number of fused-ring (bicyclic) bond motifs is 1. The molecule has 0 bridgehead atoms. The molecule has 21 heavy (non-hydrogen) atoms. The van der Waals surface area contributed by atoms with E-state index in [-0.39, 0.29) is 18.0 Å². The molecule has 0 aromatic carbocycles. The standard InChI is InChI=1S/C12H14F3N3O3/c1-2-21-8(19)6-18-10(20)9-7(4-3-5-16-9)17-11(18)12(13,14)15/h16H,2-6H2,1H3. The van der Waals surface area contributed by atoms with Gasteiger partial charge < -0.3 is 10.1 Å². The van der Waals surface area contributed by atoms with Crippen LogP contribution in [0.5, 0.6) is 0 Å². The first-order valence-corrected chi connectivity index (χ1v) is 6.45. The van der Waals surface area contributed by atoms with Crippen molar-refractivity contribution in [2.75, 3.05) is 18.5 Å². The maximum atomic E-state index is 13.0. The molecule has 0 saturated heterocycles. The quantitative estimate of drug-likeness (QED) is 0.849. The lowest BCUT2D eigenvalue weighted by molar-refractivity contribution is -0.152. The van der Waals surface area contributed by atoms with E-state index in [9.17, 15) is 22.8 Å². The molecule has 9 heteroatoms. The van der Waals surface area contributed by atoms with Gasteiger partial charge in [-0.2, -0.15) is 13.2 Å². The van der Waals surface area contributed by atoms with Gasteiger partial charge in [0.25, 0.3) is 5.56 Å². The van der Waals surface area contributed by atoms with E-state index in [4.69, 9.17) is 0 Å². The normalized spacial score (nSPS) is 14.3. The first-order valence-electron chi connectivity index (χ1n) is 6.45. The Kier molecular flexibility index (Phi) is 4.19. The maximum absolute atomic E-state index is 13.0. The number of carbonyl (C=O) groups excluding carboxylic acids is 1. The van der Waals surface area contributed by atoms with E-state index in [2.05, 4.69) is 15.0 Å². The second-order valence-corrected chi connectivity index (χ2v) is 4.48. The summed E-state index contributed by atoms with van der Waals surface area (Å²) >= 11 is 0. The van der Waals surface area contributed by atoms with Gasteiger partial charge in [-0.25, -0.2) is 4.98 Å². The van der Waals surface area contributed by atoms with Crippen molar-refractivity contribution in [1.29, 1.82) is 0 Å². The van der Waals surface area contributed by atoms with Crippen LogP contribution in [0, 0.1) is 0 Å². The first-order chi connectivity index (χ1) is 9.84. The number of nitrogens with zero attached hydrogens (tertiary/aromatic N) is 2. The number of halogens is 3. The summed E-state index contributed by atoms with van der Waals surface area (Å²) in [5.41, 5.74) is -0.794. The summed E-state index contributed by atoms with van der Waals surface area (Å²) in [6.07, 6.45) is -3.93. The Morgan fingerprint density at radius 1 is 1.48 bits per heavy atom. The number of rotatable bonds is 3. The number of anilines is 1. The molecule has 0 fully saturated rings. The maximum Gasteiger partial charge on any atom is 0.449 e. The minimum Gasteiger partial charge on any atom is -0.465 e. The lowest BCUT2D eigenvalue weighted by atomic mass is 10.1. The molecular formula is C12H14F3N3O3. The molecule has 0 atom stereocenters. The predicted octanol–water partition coefficient (Wildman–Crippen LogP) is 1.18. The van der Waals surface area contributed by atoms with Crippen LogP contribution in [-0.2, 0) is 28.7 Å². The lowest BCUT2D eigenvalue weighted by Gasteiger charge is -2.21. The fraction of sp³-hybridized carbons (Fsp3) is 0.583. The minimum atomic E-state index is -4.82. The van der Waals surface area contributed by atoms with E-state index in [0.717, 1.165) is 0 Å². The molecule has 2 heterocycles. The lowest BCUT2D eigenvalue weighted by Crippen LogP contribution is -2.37. The van der Waals surface area contributed by atoms with Crippen molar-refractivity contribution in [3.8, 4) is 0 Å². The van der Waals surface area contributed by atoms with Crippen molar-refractivity contribution in [3.05, 3.63) is 21.9 Å². The summed E-state index contributed by atoms with van der Waals surface area (Å²) in [6.45, 7) is 1.21. The van der Waals surface area contributed by atoms with E-state index >= 15 is 0 Å². The second-order valence-electron chi connectivity index (χ2n) is 4.48. The summed E-state index contributed by atoms with van der Waals surface area (Å²) in [6, 6.07) is 0. The summed E-state index contributed by atoms with van der Waals surface area (Å²) in [5, 5.41) is 2.74. The van der Waals surface area contributed by atoms with Gasteiger partial charge in [-0.05, 0) is 19.8 Å². The Bertz CT molecular complexity index is 610. The molecule has 0 aliphatic carbocycles. The van der Waals surface area contributed by atoms with Crippen LogP contribution >= 0.6 is 0 Å². The molecule has 1 aromatic heterocycles. The fourth-order valence-electron chi connectivity index (χ4n) is 2.13. The van der Waals surface area contributed by atoms with Gasteiger partial charge in [0, 0.05) is 6.54 Å². The predicted molar refractivity (Wildman–Crippen MR) is 66.9 cm³/mol. The van der Waals surface area contributed by atoms with Gasteiger partial charge in [-0.15, -0.1) is 0 Å². The molecule has 0 amide bonds. The number of hydrogen-bond donors (Lipinski definition) is 1. The molecule has 0 unspecified atom stereocenters. The van der Waals surface area contributed by atoms with Gasteiger partial charge in [0.05, 0.1) is 12.3 Å². The topological polar surface area (TPSA) is 73.2 Å². The van der Waals surface area contributed by atoms with Crippen LogP contribution in [0.3, 0.4) is 0 Å². The number of aromatic nitrogens is 2. The molecule has 1 aromatic rings. The molecule has 116 valence electrons. The van der Waals surface area contributed by atoms with E-state index in [1.54, 1.807) is 0 Å². The van der Waals surface area contributed by atoms with Crippen molar-refractivity contribution in [2.24, 2.45) is 0 Å². The van der Waals surface area contributed by atoms with Gasteiger partial charge in [0.2, 0.25) is 5.82 Å². The van der Waals surface area contributed by atoms with Gasteiger partial charge >= 0.3 is 12.1 Å². The van der Waals surface area contributed by atoms with Crippen molar-refractivity contribution >= 4 is 11.7 Å². The van der Waals surface area contributed by atoms with Crippen molar-refractivity contribution < 1.29 is 22.7 Å². The van der Waals surface area contributed by atoms with Crippen LogP contribution in [0.1, 0.15) is 24.9 Å². The Hall–Kier alpha value is -2.06. The fourth-order valence-corrected chi connectivity index (χ4v) is 2.13. The first kappa shape index (κ1) is 15.3. The van der Waals surface area contributed by atoms with Gasteiger partial charge in [-0.1, -0.05) is 0 Å². The SMILES string of the molecule is CCOC(=O)Cn1c(C(F)(F)F)nc2c(c1=O)NCCC2. The molecule has 1 aliphatic rings. The number of ether oxygens (including phenoxy) is 1. The van der Waals surface area contributed by atoms with Crippen LogP contribution in [0.25, 0.3) is 0 Å². The number of nitrogens with one attached hydrogen (secondary N) is 1. The highest BCUT2D eigenvalue weighted by atomic mass is 19.4. The molecule has 0 saturated carbocycles. The third-order valence-corrected chi connectivity index (χ3v) is 2.98. The Morgan fingerprint density at radius 2 is 2.19 bits per heavy atom. The second kappa shape index (κ2) is 5.74. The average molecular weight is 305 g/mol. The summed E-state index contributed by atoms with van der Waals surface area (Å²) < 4.78 is 44.0. The summed E-state index contributed by atoms with van der Waals surface area (Å²) in [5.74, 6) is -2.29. The third-order valence-electron chi connectivity index (χ3n) is 2.98. The zero-order valence-corrected chi connectivity index (χ0v) is 11.3. The molecule has 6 nitrogen and oxygen atoms in total. The number of alkyl halides is 3. The monoisotopic (exact) mass is 305 g/mol. The van der Waals surface area contributed by atoms with Crippen LogP contribution in [-0.4, -0.2) is 28.7 Å². The minimum absolute atomic E-state index is 0.0194. The number of hydrogen-bond acceptors (Lipinski definition) is 5. The van der Waals surface area contributed by atoms with E-state index in [1.807, 2.05) is 0 Å². The highest BCUT2D eigenvalue weighted by Gasteiger charge is 2.39. The highest BCUT2D eigenvalue weighted by Crippen LogP contribution is 2.29. The molecule has 1 aliphatic heterocycles. The van der Waals surface area contributed by atoms with Crippen LogP contribution in [0.4, 0.5) is 18.9 Å². The van der Waals surface area contributed by atoms with Crippen molar-refractivity contribution in [2.45, 2.75) is 32.5 Å². The number of carbonyl (C=O) groups is 1. The molecule has 1 N–H and O–H groups in total. The Labute approximate surface area is 117 Å². The zero-order valence-electron chi connectivity index (χ0n) is 11.3. The van der Waals surface area contributed by atoms with Crippen LogP contribution in [0.15, 0.2) is 4.79 Å². The van der Waals surface area contributed by atoms with Gasteiger partial charge in [-0.3, -0.25) is 14.2 Å². The van der Waals surface area contributed by atoms with E-state index < -0.39 is 30.1 Å². The van der Waals surface area contributed by atoms with Crippen molar-refractivity contribution in [3.63, 3.8) is 0 Å². The summed E-state index contributed by atoms with van der Waals surface area (Å²) in [7, 11) is 0. The van der Waals surface area contributed by atoms with Crippen LogP contribution in [0.2, 0.25) is 0 Å². The van der Waals surface area contributed by atoms with Crippen molar-refractivity contribution in [1.82, 2.24) is 9.55 Å². The van der Waals surface area contributed by atoms with Crippen LogP contribution < -0.4 is 10.9 Å². The van der Waals surface area contributed by atoms with Gasteiger partial charge in [0.15, 0.2) is 0 Å². The highest BCUT2D eigenvalue weighted by molar-refractivity contribution is 5.69. The Balaban J connectivity index is 2.54. The van der Waals surface area contributed by atoms with E-state index in [0.29, 0.717) is 24.0 Å². The largest absolute Gasteiger partial charge is 0.465 e. The molecular weight excluding hydrogens is 291 g/mol. The van der Waals surface area contributed by atoms with Gasteiger partial charge in [0.1, 0.15) is 12.2 Å². The number of esters is 1. The third kappa shape index (κ3) is 3.17. The van der Waals surface area contributed by atoms with E-state index in [1.165, 1.54) is 6.92 Å². The zero-order chi connectivity index (χ0) is 15.6. The molecule has 0 radical (unpaired) electrons. The average Bonchev–Trinajstić information content (AvgIpc) is 2.41. The Morgan fingerprint density at radius 3 is 2.81 bits per heavy atom. The number of aryl methyl sites for hydroxylation is 1. The summed E-state index contributed by atoms with van der Waals surface area (Å²) in [4.78, 5) is 27.1. The molecule has 2 rings (SSSR count). The molecule has 0 spiro atoms.